The van der Waals surface area contributed by atoms with Crippen LogP contribution in [0.25, 0.3) is 0 Å². The van der Waals surface area contributed by atoms with E-state index in [9.17, 15) is 24.6 Å². The maximum atomic E-state index is 12.7. The molecule has 0 unspecified atom stereocenters. The molecule has 0 atom stereocenters. The van der Waals surface area contributed by atoms with Crippen LogP contribution in [0.15, 0.2) is 42.5 Å². The summed E-state index contributed by atoms with van der Waals surface area (Å²) in [6.45, 7) is 3.47. The minimum absolute atomic E-state index is 0.106. The number of hydrogen-bond acceptors (Lipinski definition) is 7. The molecule has 0 radical (unpaired) electrons. The molecule has 9 nitrogen and oxygen atoms in total. The molecule has 0 aliphatic carbocycles. The average molecular weight is 442 g/mol. The Morgan fingerprint density at radius 1 is 1.00 bits per heavy atom. The molecule has 1 fully saturated rings. The van der Waals surface area contributed by atoms with Crippen LogP contribution >= 0.6 is 0 Å². The molecule has 1 saturated heterocycles. The second kappa shape index (κ2) is 10.5. The lowest BCUT2D eigenvalue weighted by atomic mass is 9.96. The van der Waals surface area contributed by atoms with E-state index in [1.54, 1.807) is 36.1 Å². The Bertz CT molecular complexity index is 947. The third kappa shape index (κ3) is 6.13. The Hall–Kier alpha value is -3.75. The van der Waals surface area contributed by atoms with Crippen LogP contribution in [0.2, 0.25) is 0 Å². The van der Waals surface area contributed by atoms with Gasteiger partial charge in [-0.25, -0.2) is 4.79 Å². The van der Waals surface area contributed by atoms with Crippen molar-refractivity contribution in [3.63, 3.8) is 0 Å². The topological polar surface area (TPSA) is 125 Å². The number of amides is 2. The number of piperidine rings is 1. The van der Waals surface area contributed by atoms with E-state index in [1.165, 1.54) is 12.1 Å². The Morgan fingerprint density at radius 3 is 2.22 bits per heavy atom. The maximum absolute atomic E-state index is 12.7. The van der Waals surface area contributed by atoms with Crippen LogP contribution in [0.3, 0.4) is 0 Å². The zero-order valence-electron chi connectivity index (χ0n) is 17.7. The summed E-state index contributed by atoms with van der Waals surface area (Å²) >= 11 is 0. The second-order valence-corrected chi connectivity index (χ2v) is 7.49. The predicted molar refractivity (Wildman–Crippen MR) is 115 cm³/mol. The van der Waals surface area contributed by atoms with Crippen molar-refractivity contribution in [2.75, 3.05) is 26.2 Å². The number of carbonyl (C=O) groups is 3. The molecule has 170 valence electrons. The minimum Gasteiger partial charge on any atom is -0.508 e. The van der Waals surface area contributed by atoms with Gasteiger partial charge in [-0.3, -0.25) is 9.59 Å². The number of carbonyl (C=O) groups excluding carboxylic acids is 3. The molecule has 3 rings (SSSR count). The summed E-state index contributed by atoms with van der Waals surface area (Å²) in [6, 6.07) is 10.0. The first-order chi connectivity index (χ1) is 15.4. The van der Waals surface area contributed by atoms with Crippen molar-refractivity contribution < 1.29 is 34.1 Å². The number of phenolic OH excluding ortho intramolecular Hbond substituents is 2. The molecule has 32 heavy (non-hydrogen) atoms. The van der Waals surface area contributed by atoms with Crippen molar-refractivity contribution >= 4 is 18.0 Å². The number of nitrogens with zero attached hydrogens (tertiary/aromatic N) is 1. The van der Waals surface area contributed by atoms with Crippen molar-refractivity contribution in [1.29, 1.82) is 0 Å². The standard InChI is InChI=1S/C23H26N2O7/c1-2-31-23(30)32-20-5-3-16(4-6-20)22(29)25-9-7-15(8-10-25)14-24-21(28)17-11-18(26)13-19(27)12-17/h3-6,11-13,15,26-27H,2,7-10,14H2,1H3,(H,24,28). The van der Waals surface area contributed by atoms with Crippen molar-refractivity contribution in [3.8, 4) is 17.2 Å². The molecule has 0 spiro atoms. The summed E-state index contributed by atoms with van der Waals surface area (Å²) < 4.78 is 9.71. The summed E-state index contributed by atoms with van der Waals surface area (Å²) in [7, 11) is 0. The van der Waals surface area contributed by atoms with Gasteiger partial charge in [-0.2, -0.15) is 0 Å². The van der Waals surface area contributed by atoms with E-state index in [0.717, 1.165) is 18.9 Å². The highest BCUT2D eigenvalue weighted by molar-refractivity contribution is 5.95. The maximum Gasteiger partial charge on any atom is 0.513 e. The lowest BCUT2D eigenvalue weighted by Gasteiger charge is -2.32. The third-order valence-electron chi connectivity index (χ3n) is 5.18. The number of phenols is 2. The van der Waals surface area contributed by atoms with E-state index in [0.29, 0.717) is 30.9 Å². The molecule has 2 amide bonds. The van der Waals surface area contributed by atoms with E-state index in [2.05, 4.69) is 5.32 Å². The molecule has 1 aliphatic rings. The van der Waals surface area contributed by atoms with Gasteiger partial charge >= 0.3 is 6.16 Å². The Kier molecular flexibility index (Phi) is 7.54. The van der Waals surface area contributed by atoms with Gasteiger partial charge in [-0.15, -0.1) is 0 Å². The molecule has 3 N–H and O–H groups in total. The summed E-state index contributed by atoms with van der Waals surface area (Å²) in [4.78, 5) is 38.1. The van der Waals surface area contributed by atoms with E-state index in [-0.39, 0.29) is 41.4 Å². The summed E-state index contributed by atoms with van der Waals surface area (Å²) in [5.41, 5.74) is 0.683. The van der Waals surface area contributed by atoms with Gasteiger partial charge in [0.1, 0.15) is 17.2 Å². The Labute approximate surface area is 185 Å². The highest BCUT2D eigenvalue weighted by Gasteiger charge is 2.24. The van der Waals surface area contributed by atoms with Crippen LogP contribution in [0.1, 0.15) is 40.5 Å². The molecule has 1 heterocycles. The van der Waals surface area contributed by atoms with Crippen LogP contribution in [0.4, 0.5) is 4.79 Å². The molecule has 2 aromatic rings. The van der Waals surface area contributed by atoms with E-state index >= 15 is 0 Å². The molecule has 9 heteroatoms. The number of rotatable bonds is 6. The second-order valence-electron chi connectivity index (χ2n) is 7.49. The third-order valence-corrected chi connectivity index (χ3v) is 5.18. The molecular formula is C23H26N2O7. The van der Waals surface area contributed by atoms with Crippen molar-refractivity contribution in [3.05, 3.63) is 53.6 Å². The van der Waals surface area contributed by atoms with Gasteiger partial charge in [0, 0.05) is 36.8 Å². The first-order valence-corrected chi connectivity index (χ1v) is 10.4. The van der Waals surface area contributed by atoms with Crippen LogP contribution in [-0.2, 0) is 4.74 Å². The SMILES string of the molecule is CCOC(=O)Oc1ccc(C(=O)N2CCC(CNC(=O)c3cc(O)cc(O)c3)CC2)cc1. The number of nitrogens with one attached hydrogen (secondary N) is 1. The highest BCUT2D eigenvalue weighted by Crippen LogP contribution is 2.22. The number of likely N-dealkylation sites (tertiary alicyclic amines) is 1. The highest BCUT2D eigenvalue weighted by atomic mass is 16.7. The number of hydrogen-bond donors (Lipinski definition) is 3. The zero-order valence-corrected chi connectivity index (χ0v) is 17.7. The Morgan fingerprint density at radius 2 is 1.62 bits per heavy atom. The van der Waals surface area contributed by atoms with E-state index in [1.807, 2.05) is 0 Å². The first-order valence-electron chi connectivity index (χ1n) is 10.4. The van der Waals surface area contributed by atoms with Gasteiger partial charge in [0.2, 0.25) is 0 Å². The minimum atomic E-state index is -0.790. The lowest BCUT2D eigenvalue weighted by molar-refractivity contribution is 0.0684. The molecule has 1 aliphatic heterocycles. The fourth-order valence-corrected chi connectivity index (χ4v) is 3.50. The molecule has 0 bridgehead atoms. The normalized spacial score (nSPS) is 14.0. The summed E-state index contributed by atoms with van der Waals surface area (Å²) in [6.07, 6.45) is 0.685. The van der Waals surface area contributed by atoms with Crippen molar-refractivity contribution in [2.24, 2.45) is 5.92 Å². The quantitative estimate of drug-likeness (QED) is 0.464. The average Bonchev–Trinajstić information content (AvgIpc) is 2.77. The molecular weight excluding hydrogens is 416 g/mol. The van der Waals surface area contributed by atoms with Crippen LogP contribution in [-0.4, -0.2) is 59.3 Å². The monoisotopic (exact) mass is 442 g/mol. The number of benzene rings is 2. The van der Waals surface area contributed by atoms with Gasteiger partial charge in [0.05, 0.1) is 6.61 Å². The molecule has 0 aromatic heterocycles. The fourth-order valence-electron chi connectivity index (χ4n) is 3.50. The first kappa shape index (κ1) is 22.9. The van der Waals surface area contributed by atoms with Crippen LogP contribution in [0.5, 0.6) is 17.2 Å². The molecule has 2 aromatic carbocycles. The largest absolute Gasteiger partial charge is 0.513 e. The van der Waals surface area contributed by atoms with Gasteiger partial charge in [0.25, 0.3) is 11.8 Å². The predicted octanol–water partition coefficient (Wildman–Crippen LogP) is 2.92. The zero-order chi connectivity index (χ0) is 23.1. The Balaban J connectivity index is 1.46. The van der Waals surface area contributed by atoms with Gasteiger partial charge in [0.15, 0.2) is 0 Å². The van der Waals surface area contributed by atoms with E-state index < -0.39 is 6.16 Å². The smallest absolute Gasteiger partial charge is 0.508 e. The van der Waals surface area contributed by atoms with Crippen LogP contribution in [0, 0.1) is 5.92 Å². The summed E-state index contributed by atoms with van der Waals surface area (Å²) in [5, 5.41) is 21.8. The van der Waals surface area contributed by atoms with E-state index in [4.69, 9.17) is 9.47 Å². The fraction of sp³-hybridized carbons (Fsp3) is 0.348. The van der Waals surface area contributed by atoms with Gasteiger partial charge in [-0.05, 0) is 62.1 Å². The van der Waals surface area contributed by atoms with Crippen molar-refractivity contribution in [2.45, 2.75) is 19.8 Å². The number of aromatic hydroxyl groups is 2. The van der Waals surface area contributed by atoms with Crippen molar-refractivity contribution in [1.82, 2.24) is 10.2 Å². The van der Waals surface area contributed by atoms with Gasteiger partial charge in [-0.1, -0.05) is 0 Å². The van der Waals surface area contributed by atoms with Crippen LogP contribution < -0.4 is 10.1 Å². The molecule has 0 saturated carbocycles. The lowest BCUT2D eigenvalue weighted by Crippen LogP contribution is -2.41. The van der Waals surface area contributed by atoms with Gasteiger partial charge < -0.3 is 29.9 Å². The number of ether oxygens (including phenoxy) is 2. The summed E-state index contributed by atoms with van der Waals surface area (Å²) in [5.74, 6) is -0.320.